The van der Waals surface area contributed by atoms with Crippen LogP contribution in [0.25, 0.3) is 0 Å². The van der Waals surface area contributed by atoms with E-state index in [0.29, 0.717) is 12.1 Å². The van der Waals surface area contributed by atoms with Gasteiger partial charge in [-0.2, -0.15) is 0 Å². The van der Waals surface area contributed by atoms with E-state index in [0.717, 1.165) is 18.4 Å². The molecule has 1 aromatic rings. The summed E-state index contributed by atoms with van der Waals surface area (Å²) in [7, 11) is 0. The van der Waals surface area contributed by atoms with Gasteiger partial charge in [0.25, 0.3) is 0 Å². The molecule has 1 aromatic carbocycles. The Kier molecular flexibility index (Phi) is 5.09. The molecule has 0 saturated heterocycles. The summed E-state index contributed by atoms with van der Waals surface area (Å²) >= 11 is 6.00. The molecule has 0 heterocycles. The Morgan fingerprint density at radius 1 is 1.29 bits per heavy atom. The van der Waals surface area contributed by atoms with E-state index in [4.69, 9.17) is 11.6 Å². The minimum atomic E-state index is -0.233. The van der Waals surface area contributed by atoms with Crippen LogP contribution < -0.4 is 5.32 Å². The number of nitrogens with one attached hydrogen (secondary N) is 1. The molecule has 96 valence electrons. The predicted molar refractivity (Wildman–Crippen MR) is 70.8 cm³/mol. The van der Waals surface area contributed by atoms with E-state index < -0.39 is 0 Å². The molecule has 0 aromatic heterocycles. The maximum absolute atomic E-state index is 9.55. The van der Waals surface area contributed by atoms with Crippen LogP contribution in [0.1, 0.15) is 32.8 Å². The summed E-state index contributed by atoms with van der Waals surface area (Å²) in [5.74, 6) is -0.410. The second-order valence-electron chi connectivity index (χ2n) is 4.54. The molecule has 1 unspecified atom stereocenters. The van der Waals surface area contributed by atoms with Crippen LogP contribution in [0.5, 0.6) is 11.5 Å². The Hall–Kier alpha value is -0.930. The SMILES string of the molecule is CCC(Cc1ccc(O)c(O)c1Cl)NC(C)C. The third kappa shape index (κ3) is 3.79. The summed E-state index contributed by atoms with van der Waals surface area (Å²) in [4.78, 5) is 0. The molecule has 3 nitrogen and oxygen atoms in total. The highest BCUT2D eigenvalue weighted by Crippen LogP contribution is 2.35. The molecular weight excluding hydrogens is 238 g/mol. The zero-order valence-electron chi connectivity index (χ0n) is 10.5. The first-order valence-electron chi connectivity index (χ1n) is 5.91. The van der Waals surface area contributed by atoms with Crippen LogP contribution in [0.2, 0.25) is 5.02 Å². The zero-order chi connectivity index (χ0) is 13.0. The molecule has 4 heteroatoms. The summed E-state index contributed by atoms with van der Waals surface area (Å²) in [5, 5.41) is 22.5. The zero-order valence-corrected chi connectivity index (χ0v) is 11.3. The first kappa shape index (κ1) is 14.1. The molecule has 0 aliphatic carbocycles. The lowest BCUT2D eigenvalue weighted by Crippen LogP contribution is -2.35. The molecular formula is C13H20ClNO2. The molecule has 0 aliphatic heterocycles. The Balaban J connectivity index is 2.83. The van der Waals surface area contributed by atoms with Crippen molar-refractivity contribution in [3.8, 4) is 11.5 Å². The number of phenols is 2. The average Bonchev–Trinajstić information content (AvgIpc) is 2.28. The molecule has 0 bridgehead atoms. The molecule has 0 fully saturated rings. The van der Waals surface area contributed by atoms with Gasteiger partial charge in [0.1, 0.15) is 0 Å². The van der Waals surface area contributed by atoms with Gasteiger partial charge < -0.3 is 15.5 Å². The number of benzene rings is 1. The molecule has 3 N–H and O–H groups in total. The van der Waals surface area contributed by atoms with Gasteiger partial charge in [0.05, 0.1) is 5.02 Å². The lowest BCUT2D eigenvalue weighted by Gasteiger charge is -2.20. The van der Waals surface area contributed by atoms with Crippen molar-refractivity contribution in [2.45, 2.75) is 45.7 Å². The highest BCUT2D eigenvalue weighted by Gasteiger charge is 2.14. The van der Waals surface area contributed by atoms with Crippen molar-refractivity contribution >= 4 is 11.6 Å². The number of hydrogen-bond donors (Lipinski definition) is 3. The van der Waals surface area contributed by atoms with Crippen molar-refractivity contribution in [2.24, 2.45) is 0 Å². The van der Waals surface area contributed by atoms with Gasteiger partial charge in [-0.1, -0.05) is 38.4 Å². The highest BCUT2D eigenvalue weighted by molar-refractivity contribution is 6.33. The number of hydrogen-bond acceptors (Lipinski definition) is 3. The quantitative estimate of drug-likeness (QED) is 0.711. The Morgan fingerprint density at radius 3 is 2.47 bits per heavy atom. The minimum Gasteiger partial charge on any atom is -0.504 e. The second-order valence-corrected chi connectivity index (χ2v) is 4.92. The van der Waals surface area contributed by atoms with Crippen molar-refractivity contribution in [1.82, 2.24) is 5.32 Å². The van der Waals surface area contributed by atoms with E-state index in [-0.39, 0.29) is 16.5 Å². The van der Waals surface area contributed by atoms with Gasteiger partial charge in [0, 0.05) is 12.1 Å². The summed E-state index contributed by atoms with van der Waals surface area (Å²) in [5.41, 5.74) is 0.849. The normalized spacial score (nSPS) is 13.0. The lowest BCUT2D eigenvalue weighted by atomic mass is 10.0. The molecule has 1 atom stereocenters. The van der Waals surface area contributed by atoms with Crippen LogP contribution >= 0.6 is 11.6 Å². The number of halogens is 1. The molecule has 0 saturated carbocycles. The van der Waals surface area contributed by atoms with Gasteiger partial charge in [0.2, 0.25) is 0 Å². The molecule has 0 spiro atoms. The topological polar surface area (TPSA) is 52.5 Å². The van der Waals surface area contributed by atoms with Crippen molar-refractivity contribution in [3.63, 3.8) is 0 Å². The smallest absolute Gasteiger partial charge is 0.176 e. The van der Waals surface area contributed by atoms with E-state index in [1.54, 1.807) is 6.07 Å². The standard InChI is InChI=1S/C13H20ClNO2/c1-4-10(15-8(2)3)7-9-5-6-11(16)13(17)12(9)14/h5-6,8,10,15-17H,4,7H2,1-3H3. The van der Waals surface area contributed by atoms with E-state index in [2.05, 4.69) is 26.1 Å². The molecule has 0 aliphatic rings. The first-order chi connectivity index (χ1) is 7.95. The average molecular weight is 258 g/mol. The highest BCUT2D eigenvalue weighted by atomic mass is 35.5. The van der Waals surface area contributed by atoms with Crippen molar-refractivity contribution in [1.29, 1.82) is 0 Å². The first-order valence-corrected chi connectivity index (χ1v) is 6.28. The third-order valence-corrected chi connectivity index (χ3v) is 3.12. The molecule has 0 radical (unpaired) electrons. The summed E-state index contributed by atoms with van der Waals surface area (Å²) < 4.78 is 0. The largest absolute Gasteiger partial charge is 0.504 e. The maximum Gasteiger partial charge on any atom is 0.176 e. The Labute approximate surface area is 107 Å². The fourth-order valence-electron chi connectivity index (χ4n) is 1.81. The van der Waals surface area contributed by atoms with Crippen LogP contribution in [0, 0.1) is 0 Å². The van der Waals surface area contributed by atoms with Gasteiger partial charge in [0.15, 0.2) is 11.5 Å². The van der Waals surface area contributed by atoms with Crippen LogP contribution in [0.3, 0.4) is 0 Å². The lowest BCUT2D eigenvalue weighted by molar-refractivity contribution is 0.402. The minimum absolute atomic E-state index is 0.177. The second kappa shape index (κ2) is 6.12. The Morgan fingerprint density at radius 2 is 1.94 bits per heavy atom. The van der Waals surface area contributed by atoms with E-state index in [9.17, 15) is 10.2 Å². The van der Waals surface area contributed by atoms with Crippen LogP contribution in [0.4, 0.5) is 0 Å². The van der Waals surface area contributed by atoms with Crippen LogP contribution in [-0.2, 0) is 6.42 Å². The number of rotatable bonds is 5. The van der Waals surface area contributed by atoms with E-state index in [1.165, 1.54) is 6.07 Å². The summed E-state index contributed by atoms with van der Waals surface area (Å²) in [6.07, 6.45) is 1.72. The van der Waals surface area contributed by atoms with Crippen molar-refractivity contribution < 1.29 is 10.2 Å². The maximum atomic E-state index is 9.55. The monoisotopic (exact) mass is 257 g/mol. The molecule has 1 rings (SSSR count). The predicted octanol–water partition coefficient (Wildman–Crippen LogP) is 3.07. The fourth-order valence-corrected chi connectivity index (χ4v) is 2.05. The van der Waals surface area contributed by atoms with E-state index >= 15 is 0 Å². The Bertz CT molecular complexity index is 380. The van der Waals surface area contributed by atoms with Crippen molar-refractivity contribution in [3.05, 3.63) is 22.7 Å². The van der Waals surface area contributed by atoms with Crippen LogP contribution in [-0.4, -0.2) is 22.3 Å². The third-order valence-electron chi connectivity index (χ3n) is 2.70. The molecule has 17 heavy (non-hydrogen) atoms. The van der Waals surface area contributed by atoms with E-state index in [1.807, 2.05) is 0 Å². The van der Waals surface area contributed by atoms with Gasteiger partial charge in [-0.05, 0) is 24.5 Å². The molecule has 0 amide bonds. The fraction of sp³-hybridized carbons (Fsp3) is 0.538. The number of phenolic OH excluding ortho intramolecular Hbond substituents is 2. The summed E-state index contributed by atoms with van der Waals surface area (Å²) in [6.45, 7) is 6.30. The van der Waals surface area contributed by atoms with Gasteiger partial charge >= 0.3 is 0 Å². The number of aromatic hydroxyl groups is 2. The van der Waals surface area contributed by atoms with Gasteiger partial charge in [-0.15, -0.1) is 0 Å². The summed E-state index contributed by atoms with van der Waals surface area (Å²) in [6, 6.07) is 3.95. The van der Waals surface area contributed by atoms with Crippen molar-refractivity contribution in [2.75, 3.05) is 0 Å². The van der Waals surface area contributed by atoms with Gasteiger partial charge in [-0.25, -0.2) is 0 Å². The van der Waals surface area contributed by atoms with Gasteiger partial charge in [-0.3, -0.25) is 0 Å². The van der Waals surface area contributed by atoms with Crippen LogP contribution in [0.15, 0.2) is 12.1 Å².